The summed E-state index contributed by atoms with van der Waals surface area (Å²) in [5.41, 5.74) is 0. The molecular weight excluding hydrogens is 210 g/mol. The average Bonchev–Trinajstić information content (AvgIpc) is 2.36. The van der Waals surface area contributed by atoms with Crippen LogP contribution in [0.3, 0.4) is 0 Å². The molecule has 0 spiro atoms. The van der Waals surface area contributed by atoms with Crippen LogP contribution in [0, 0.1) is 5.92 Å². The van der Waals surface area contributed by atoms with Gasteiger partial charge in [0.2, 0.25) is 0 Å². The van der Waals surface area contributed by atoms with E-state index in [0.29, 0.717) is 6.10 Å². The number of hydrogen-bond donors (Lipinski definition) is 1. The highest BCUT2D eigenvalue weighted by Gasteiger charge is 2.18. The molecule has 2 fully saturated rings. The first kappa shape index (κ1) is 13.4. The molecule has 0 bridgehead atoms. The van der Waals surface area contributed by atoms with E-state index in [-0.39, 0.29) is 0 Å². The summed E-state index contributed by atoms with van der Waals surface area (Å²) in [6, 6.07) is 0.758. The predicted octanol–water partition coefficient (Wildman–Crippen LogP) is 3.50. The quantitative estimate of drug-likeness (QED) is 0.741. The van der Waals surface area contributed by atoms with Crippen molar-refractivity contribution in [2.45, 2.75) is 76.9 Å². The lowest BCUT2D eigenvalue weighted by Crippen LogP contribution is -2.36. The molecule has 0 aromatic carbocycles. The topological polar surface area (TPSA) is 21.3 Å². The zero-order valence-electron chi connectivity index (χ0n) is 11.4. The second-order valence-electron chi connectivity index (χ2n) is 6.05. The molecule has 100 valence electrons. The molecule has 0 radical (unpaired) electrons. The fourth-order valence-corrected chi connectivity index (χ4v) is 3.34. The van der Waals surface area contributed by atoms with Gasteiger partial charge in [-0.15, -0.1) is 0 Å². The van der Waals surface area contributed by atoms with Crippen LogP contribution in [-0.4, -0.2) is 25.3 Å². The molecule has 2 atom stereocenters. The molecule has 2 nitrogen and oxygen atoms in total. The molecule has 1 N–H and O–H groups in total. The van der Waals surface area contributed by atoms with Crippen molar-refractivity contribution in [2.24, 2.45) is 5.92 Å². The van der Waals surface area contributed by atoms with Crippen molar-refractivity contribution >= 4 is 0 Å². The first-order valence-corrected chi connectivity index (χ1v) is 7.69. The van der Waals surface area contributed by atoms with Crippen LogP contribution in [-0.2, 0) is 4.74 Å². The maximum atomic E-state index is 5.94. The molecule has 0 amide bonds. The van der Waals surface area contributed by atoms with Crippen LogP contribution in [0.1, 0.15) is 64.7 Å². The normalized spacial score (nSPS) is 31.6. The summed E-state index contributed by atoms with van der Waals surface area (Å²) in [6.07, 6.45) is 12.9. The molecular formula is C15H29NO. The van der Waals surface area contributed by atoms with Gasteiger partial charge in [0.15, 0.2) is 0 Å². The van der Waals surface area contributed by atoms with Crippen molar-refractivity contribution in [1.29, 1.82) is 0 Å². The molecule has 2 aliphatic rings. The second kappa shape index (κ2) is 7.38. The molecule has 17 heavy (non-hydrogen) atoms. The highest BCUT2D eigenvalue weighted by molar-refractivity contribution is 4.75. The van der Waals surface area contributed by atoms with Crippen molar-refractivity contribution in [1.82, 2.24) is 5.32 Å². The van der Waals surface area contributed by atoms with E-state index < -0.39 is 0 Å². The summed E-state index contributed by atoms with van der Waals surface area (Å²) in [6.45, 7) is 4.34. The van der Waals surface area contributed by atoms with Crippen molar-refractivity contribution in [3.8, 4) is 0 Å². The first-order chi connectivity index (χ1) is 8.34. The van der Waals surface area contributed by atoms with Gasteiger partial charge in [-0.25, -0.2) is 0 Å². The SMILES string of the molecule is CC1CCCC(NCCOC2CCCCC2)C1. The van der Waals surface area contributed by atoms with E-state index in [1.165, 1.54) is 57.8 Å². The molecule has 0 aliphatic heterocycles. The predicted molar refractivity (Wildman–Crippen MR) is 72.2 cm³/mol. The summed E-state index contributed by atoms with van der Waals surface area (Å²) in [5, 5.41) is 3.67. The number of nitrogens with one attached hydrogen (secondary N) is 1. The van der Waals surface area contributed by atoms with E-state index in [4.69, 9.17) is 4.74 Å². The summed E-state index contributed by atoms with van der Waals surface area (Å²) >= 11 is 0. The number of rotatable bonds is 5. The Hall–Kier alpha value is -0.0800. The molecule has 2 saturated carbocycles. The van der Waals surface area contributed by atoms with Crippen molar-refractivity contribution in [2.75, 3.05) is 13.2 Å². The van der Waals surface area contributed by atoms with E-state index in [0.717, 1.165) is 25.1 Å². The van der Waals surface area contributed by atoms with Gasteiger partial charge < -0.3 is 10.1 Å². The summed E-state index contributed by atoms with van der Waals surface area (Å²) < 4.78 is 5.94. The molecule has 2 rings (SSSR count). The maximum absolute atomic E-state index is 5.94. The third kappa shape index (κ3) is 4.97. The van der Waals surface area contributed by atoms with Gasteiger partial charge in [-0.1, -0.05) is 39.0 Å². The van der Waals surface area contributed by atoms with E-state index in [2.05, 4.69) is 12.2 Å². The van der Waals surface area contributed by atoms with Crippen LogP contribution in [0.4, 0.5) is 0 Å². The summed E-state index contributed by atoms with van der Waals surface area (Å²) in [4.78, 5) is 0. The Bertz CT molecular complexity index is 201. The first-order valence-electron chi connectivity index (χ1n) is 7.69. The zero-order chi connectivity index (χ0) is 11.9. The number of ether oxygens (including phenoxy) is 1. The Morgan fingerprint density at radius 2 is 1.82 bits per heavy atom. The molecule has 0 aromatic rings. The van der Waals surface area contributed by atoms with Crippen molar-refractivity contribution in [3.05, 3.63) is 0 Å². The van der Waals surface area contributed by atoms with Gasteiger partial charge in [-0.2, -0.15) is 0 Å². The van der Waals surface area contributed by atoms with Gasteiger partial charge in [0.05, 0.1) is 12.7 Å². The molecule has 0 heterocycles. The van der Waals surface area contributed by atoms with E-state index in [9.17, 15) is 0 Å². The summed E-state index contributed by atoms with van der Waals surface area (Å²) in [5.74, 6) is 0.917. The maximum Gasteiger partial charge on any atom is 0.0594 e. The highest BCUT2D eigenvalue weighted by Crippen LogP contribution is 2.23. The lowest BCUT2D eigenvalue weighted by atomic mass is 9.87. The third-order valence-corrected chi connectivity index (χ3v) is 4.38. The smallest absolute Gasteiger partial charge is 0.0594 e. The minimum absolute atomic E-state index is 0.566. The van der Waals surface area contributed by atoms with Crippen LogP contribution < -0.4 is 5.32 Å². The third-order valence-electron chi connectivity index (χ3n) is 4.38. The van der Waals surface area contributed by atoms with Crippen LogP contribution in [0.25, 0.3) is 0 Å². The molecule has 2 aliphatic carbocycles. The molecule has 0 saturated heterocycles. The zero-order valence-corrected chi connectivity index (χ0v) is 11.4. The lowest BCUT2D eigenvalue weighted by Gasteiger charge is -2.28. The van der Waals surface area contributed by atoms with Crippen LogP contribution >= 0.6 is 0 Å². The Morgan fingerprint density at radius 3 is 2.59 bits per heavy atom. The minimum atomic E-state index is 0.566. The minimum Gasteiger partial charge on any atom is -0.377 e. The van der Waals surface area contributed by atoms with Gasteiger partial charge in [-0.05, 0) is 31.6 Å². The van der Waals surface area contributed by atoms with Gasteiger partial charge in [0.25, 0.3) is 0 Å². The van der Waals surface area contributed by atoms with Gasteiger partial charge >= 0.3 is 0 Å². The van der Waals surface area contributed by atoms with Crippen LogP contribution in [0.5, 0.6) is 0 Å². The fraction of sp³-hybridized carbons (Fsp3) is 1.00. The Balaban J connectivity index is 1.50. The summed E-state index contributed by atoms with van der Waals surface area (Å²) in [7, 11) is 0. The van der Waals surface area contributed by atoms with Crippen LogP contribution in [0.2, 0.25) is 0 Å². The van der Waals surface area contributed by atoms with Crippen molar-refractivity contribution in [3.63, 3.8) is 0 Å². The van der Waals surface area contributed by atoms with Gasteiger partial charge in [0, 0.05) is 12.6 Å². The second-order valence-corrected chi connectivity index (χ2v) is 6.05. The molecule has 0 aromatic heterocycles. The fourth-order valence-electron chi connectivity index (χ4n) is 3.34. The van der Waals surface area contributed by atoms with Gasteiger partial charge in [-0.3, -0.25) is 0 Å². The number of hydrogen-bond acceptors (Lipinski definition) is 2. The highest BCUT2D eigenvalue weighted by atomic mass is 16.5. The van der Waals surface area contributed by atoms with E-state index in [1.54, 1.807) is 0 Å². The van der Waals surface area contributed by atoms with Gasteiger partial charge in [0.1, 0.15) is 0 Å². The average molecular weight is 239 g/mol. The standard InChI is InChI=1S/C15H29NO/c1-13-6-5-7-14(12-13)16-10-11-17-15-8-3-2-4-9-15/h13-16H,2-12H2,1H3. The Morgan fingerprint density at radius 1 is 1.00 bits per heavy atom. The molecule has 2 unspecified atom stereocenters. The van der Waals surface area contributed by atoms with Crippen molar-refractivity contribution < 1.29 is 4.74 Å². The lowest BCUT2D eigenvalue weighted by molar-refractivity contribution is 0.0286. The molecule has 2 heteroatoms. The Kier molecular flexibility index (Phi) is 5.79. The van der Waals surface area contributed by atoms with E-state index in [1.807, 2.05) is 0 Å². The van der Waals surface area contributed by atoms with E-state index >= 15 is 0 Å². The Labute approximate surface area is 107 Å². The largest absolute Gasteiger partial charge is 0.377 e. The monoisotopic (exact) mass is 239 g/mol. The van der Waals surface area contributed by atoms with Crippen LogP contribution in [0.15, 0.2) is 0 Å².